The Labute approximate surface area is 171 Å². The molecule has 0 saturated heterocycles. The van der Waals surface area contributed by atoms with E-state index < -0.39 is 15.9 Å². The summed E-state index contributed by atoms with van der Waals surface area (Å²) < 4.78 is 27.7. The molecule has 0 aliphatic carbocycles. The van der Waals surface area contributed by atoms with E-state index in [-0.39, 0.29) is 9.47 Å². The average Bonchev–Trinajstić information content (AvgIpc) is 3.08. The van der Waals surface area contributed by atoms with Crippen LogP contribution in [0, 0.1) is 20.8 Å². The summed E-state index contributed by atoms with van der Waals surface area (Å²) >= 11 is 6.57. The lowest BCUT2D eigenvalue weighted by molar-refractivity contribution is 0.102. The van der Waals surface area contributed by atoms with Crippen LogP contribution >= 0.6 is 22.9 Å². The highest BCUT2D eigenvalue weighted by atomic mass is 35.5. The van der Waals surface area contributed by atoms with Crippen molar-refractivity contribution in [1.29, 1.82) is 0 Å². The van der Waals surface area contributed by atoms with E-state index in [0.717, 1.165) is 28.0 Å². The number of aryl methyl sites for hydroxylation is 3. The van der Waals surface area contributed by atoms with Crippen molar-refractivity contribution in [3.63, 3.8) is 0 Å². The number of halogens is 1. The van der Waals surface area contributed by atoms with Crippen molar-refractivity contribution >= 4 is 49.7 Å². The second-order valence-corrected chi connectivity index (χ2v) is 9.48. The van der Waals surface area contributed by atoms with Crippen LogP contribution in [0.3, 0.4) is 0 Å². The van der Waals surface area contributed by atoms with Gasteiger partial charge in [0.05, 0.1) is 5.69 Å². The molecule has 0 radical (unpaired) electrons. The van der Waals surface area contributed by atoms with E-state index in [1.54, 1.807) is 24.3 Å². The number of nitrogens with one attached hydrogen (secondary N) is 2. The SMILES string of the molecule is Cc1cc(C)c(NS(=O)(=O)c2nnc(NC(=O)c3ccc(Cl)cc3)s2)c(C)c1. The Morgan fingerprint density at radius 1 is 1.04 bits per heavy atom. The summed E-state index contributed by atoms with van der Waals surface area (Å²) in [5.41, 5.74) is 3.53. The zero-order valence-corrected chi connectivity index (χ0v) is 17.7. The fourth-order valence-corrected chi connectivity index (χ4v) is 4.88. The Bertz CT molecular complexity index is 1120. The van der Waals surface area contributed by atoms with Crippen LogP contribution in [0.5, 0.6) is 0 Å². The summed E-state index contributed by atoms with van der Waals surface area (Å²) in [4.78, 5) is 12.2. The van der Waals surface area contributed by atoms with Gasteiger partial charge in [-0.3, -0.25) is 14.8 Å². The molecule has 28 heavy (non-hydrogen) atoms. The molecule has 0 aliphatic rings. The van der Waals surface area contributed by atoms with E-state index in [4.69, 9.17) is 11.6 Å². The predicted octanol–water partition coefficient (Wildman–Crippen LogP) is 4.17. The molecule has 2 aromatic carbocycles. The molecule has 1 amide bonds. The highest BCUT2D eigenvalue weighted by Gasteiger charge is 2.23. The Morgan fingerprint density at radius 2 is 1.64 bits per heavy atom. The molecule has 0 unspecified atom stereocenters. The van der Waals surface area contributed by atoms with Crippen LogP contribution in [0.2, 0.25) is 5.02 Å². The smallest absolute Gasteiger partial charge is 0.291 e. The number of benzene rings is 2. The lowest BCUT2D eigenvalue weighted by Crippen LogP contribution is -2.14. The van der Waals surface area contributed by atoms with Gasteiger partial charge in [-0.2, -0.15) is 8.42 Å². The summed E-state index contributed by atoms with van der Waals surface area (Å²) in [5, 5.41) is 10.6. The quantitative estimate of drug-likeness (QED) is 0.584. The molecule has 0 atom stereocenters. The first-order valence-electron chi connectivity index (χ1n) is 8.17. The number of carbonyl (C=O) groups is 1. The molecule has 146 valence electrons. The van der Waals surface area contributed by atoms with Gasteiger partial charge in [0.25, 0.3) is 20.3 Å². The van der Waals surface area contributed by atoms with Crippen LogP contribution in [-0.4, -0.2) is 24.5 Å². The number of anilines is 2. The summed E-state index contributed by atoms with van der Waals surface area (Å²) in [7, 11) is -3.93. The van der Waals surface area contributed by atoms with Gasteiger partial charge in [-0.25, -0.2) is 0 Å². The van der Waals surface area contributed by atoms with Gasteiger partial charge in [-0.05, 0) is 56.2 Å². The zero-order valence-electron chi connectivity index (χ0n) is 15.3. The van der Waals surface area contributed by atoms with Crippen LogP contribution in [0.15, 0.2) is 40.7 Å². The lowest BCUT2D eigenvalue weighted by atomic mass is 10.1. The lowest BCUT2D eigenvalue weighted by Gasteiger charge is -2.12. The highest BCUT2D eigenvalue weighted by Crippen LogP contribution is 2.27. The first-order valence-corrected chi connectivity index (χ1v) is 10.8. The largest absolute Gasteiger partial charge is 0.296 e. The fraction of sp³-hybridized carbons (Fsp3) is 0.167. The van der Waals surface area contributed by atoms with Crippen molar-refractivity contribution in [1.82, 2.24) is 10.2 Å². The molecule has 0 bridgehead atoms. The minimum atomic E-state index is -3.93. The number of amides is 1. The van der Waals surface area contributed by atoms with E-state index in [9.17, 15) is 13.2 Å². The monoisotopic (exact) mass is 436 g/mol. The third-order valence-corrected chi connectivity index (χ3v) is 6.68. The van der Waals surface area contributed by atoms with E-state index in [1.807, 2.05) is 32.9 Å². The second kappa shape index (κ2) is 7.86. The Hall–Kier alpha value is -2.49. The first kappa shape index (κ1) is 20.2. The van der Waals surface area contributed by atoms with Gasteiger partial charge in [0, 0.05) is 10.6 Å². The van der Waals surface area contributed by atoms with Gasteiger partial charge >= 0.3 is 0 Å². The topological polar surface area (TPSA) is 101 Å². The Morgan fingerprint density at radius 3 is 2.25 bits per heavy atom. The van der Waals surface area contributed by atoms with Crippen molar-refractivity contribution in [3.05, 3.63) is 63.7 Å². The van der Waals surface area contributed by atoms with E-state index in [1.165, 1.54) is 0 Å². The number of aromatic nitrogens is 2. The molecule has 0 spiro atoms. The number of rotatable bonds is 5. The van der Waals surface area contributed by atoms with E-state index in [0.29, 0.717) is 16.3 Å². The maximum Gasteiger partial charge on any atom is 0.291 e. The normalized spacial score (nSPS) is 11.3. The molecule has 2 N–H and O–H groups in total. The van der Waals surface area contributed by atoms with Crippen LogP contribution in [0.4, 0.5) is 10.8 Å². The van der Waals surface area contributed by atoms with Gasteiger partial charge in [0.2, 0.25) is 5.13 Å². The summed E-state index contributed by atoms with van der Waals surface area (Å²) in [6, 6.07) is 10.1. The summed E-state index contributed by atoms with van der Waals surface area (Å²) in [6.07, 6.45) is 0. The molecule has 1 aromatic heterocycles. The molecular weight excluding hydrogens is 420 g/mol. The average molecular weight is 437 g/mol. The number of sulfonamides is 1. The minimum absolute atomic E-state index is 0.0812. The third-order valence-electron chi connectivity index (χ3n) is 3.88. The molecule has 0 aliphatic heterocycles. The highest BCUT2D eigenvalue weighted by molar-refractivity contribution is 7.94. The van der Waals surface area contributed by atoms with Gasteiger partial charge < -0.3 is 0 Å². The van der Waals surface area contributed by atoms with Crippen LogP contribution in [0.25, 0.3) is 0 Å². The van der Waals surface area contributed by atoms with Crippen molar-refractivity contribution in [2.45, 2.75) is 25.1 Å². The molecular formula is C18H17ClN4O3S2. The van der Waals surface area contributed by atoms with Gasteiger partial charge in [0.1, 0.15) is 0 Å². The van der Waals surface area contributed by atoms with E-state index in [2.05, 4.69) is 20.2 Å². The number of hydrogen-bond acceptors (Lipinski definition) is 6. The maximum absolute atomic E-state index is 12.7. The van der Waals surface area contributed by atoms with E-state index >= 15 is 0 Å². The molecule has 10 heteroatoms. The molecule has 0 saturated carbocycles. The molecule has 1 heterocycles. The third kappa shape index (κ3) is 4.49. The standard InChI is InChI=1S/C18H17ClN4O3S2/c1-10-8-11(2)15(12(3)9-10)23-28(25,26)18-22-21-17(27-18)20-16(24)13-4-6-14(19)7-5-13/h4-9,23H,1-3H3,(H,20,21,24). The second-order valence-electron chi connectivity index (χ2n) is 6.21. The first-order chi connectivity index (χ1) is 13.2. The van der Waals surface area contributed by atoms with Crippen LogP contribution in [-0.2, 0) is 10.0 Å². The van der Waals surface area contributed by atoms with Crippen LogP contribution < -0.4 is 10.0 Å². The zero-order chi connectivity index (χ0) is 20.5. The Balaban J connectivity index is 1.79. The van der Waals surface area contributed by atoms with Crippen molar-refractivity contribution < 1.29 is 13.2 Å². The maximum atomic E-state index is 12.7. The Kier molecular flexibility index (Phi) is 5.69. The van der Waals surface area contributed by atoms with Gasteiger partial charge in [-0.15, -0.1) is 10.2 Å². The van der Waals surface area contributed by atoms with Crippen molar-refractivity contribution in [2.24, 2.45) is 0 Å². The molecule has 7 nitrogen and oxygen atoms in total. The van der Waals surface area contributed by atoms with Crippen LogP contribution in [0.1, 0.15) is 27.0 Å². The number of carbonyl (C=O) groups excluding carboxylic acids is 1. The molecule has 3 rings (SSSR count). The molecule has 3 aromatic rings. The summed E-state index contributed by atoms with van der Waals surface area (Å²) in [6.45, 7) is 5.60. The molecule has 0 fully saturated rings. The van der Waals surface area contributed by atoms with Gasteiger partial charge in [0.15, 0.2) is 0 Å². The van der Waals surface area contributed by atoms with Crippen molar-refractivity contribution in [2.75, 3.05) is 10.0 Å². The number of nitrogens with zero attached hydrogens (tertiary/aromatic N) is 2. The minimum Gasteiger partial charge on any atom is -0.296 e. The number of hydrogen-bond donors (Lipinski definition) is 2. The summed E-state index contributed by atoms with van der Waals surface area (Å²) in [5.74, 6) is -0.435. The predicted molar refractivity (Wildman–Crippen MR) is 111 cm³/mol. The fourth-order valence-electron chi connectivity index (χ4n) is 2.66. The van der Waals surface area contributed by atoms with Crippen molar-refractivity contribution in [3.8, 4) is 0 Å². The van der Waals surface area contributed by atoms with Gasteiger partial charge in [-0.1, -0.05) is 40.6 Å².